The molecule has 0 bridgehead atoms. The number of quaternary nitrogens is 1. The highest BCUT2D eigenvalue weighted by molar-refractivity contribution is 9.10. The number of anilines is 1. The summed E-state index contributed by atoms with van der Waals surface area (Å²) < 4.78 is 28.9. The maximum absolute atomic E-state index is 12.1. The molecular formula is C14H18BrN4O2S+. The smallest absolute Gasteiger partial charge is 0.241 e. The van der Waals surface area contributed by atoms with E-state index in [4.69, 9.17) is 0 Å². The molecule has 0 unspecified atom stereocenters. The number of nitrogens with one attached hydrogen (secondary N) is 1. The molecule has 0 amide bonds. The Kier molecular flexibility index (Phi) is 5.49. The number of benzene rings is 1. The minimum absolute atomic E-state index is 0.294. The SMILES string of the molecule is CCC[NH2+]S(=O)(=O)Nc1ncnc(C)c1-c1ccc(Br)cc1. The Bertz CT molecular complexity index is 748. The highest BCUT2D eigenvalue weighted by Crippen LogP contribution is 2.29. The van der Waals surface area contributed by atoms with Gasteiger partial charge >= 0.3 is 10.2 Å². The number of aryl methyl sites for hydroxylation is 1. The van der Waals surface area contributed by atoms with Crippen molar-refractivity contribution in [3.8, 4) is 11.1 Å². The van der Waals surface area contributed by atoms with Gasteiger partial charge < -0.3 is 0 Å². The third kappa shape index (κ3) is 4.25. The van der Waals surface area contributed by atoms with Gasteiger partial charge in [0.15, 0.2) is 5.82 Å². The first kappa shape index (κ1) is 16.9. The second-order valence-electron chi connectivity index (χ2n) is 4.79. The minimum Gasteiger partial charge on any atom is -0.241 e. The van der Waals surface area contributed by atoms with E-state index in [1.165, 1.54) is 11.0 Å². The number of hydrogen-bond donors (Lipinski definition) is 2. The summed E-state index contributed by atoms with van der Waals surface area (Å²) in [5.41, 5.74) is 2.25. The Balaban J connectivity index is 2.41. The van der Waals surface area contributed by atoms with Gasteiger partial charge in [-0.2, -0.15) is 8.42 Å². The van der Waals surface area contributed by atoms with Crippen molar-refractivity contribution in [1.29, 1.82) is 0 Å². The molecule has 1 aromatic carbocycles. The second kappa shape index (κ2) is 7.17. The van der Waals surface area contributed by atoms with E-state index in [2.05, 4.69) is 30.6 Å². The highest BCUT2D eigenvalue weighted by atomic mass is 79.9. The number of nitrogens with zero attached hydrogens (tertiary/aromatic N) is 2. The molecule has 0 spiro atoms. The molecule has 0 saturated heterocycles. The van der Waals surface area contributed by atoms with E-state index in [0.717, 1.165) is 16.5 Å². The Morgan fingerprint density at radius 1 is 1.23 bits per heavy atom. The average Bonchev–Trinajstić information content (AvgIpc) is 2.46. The molecule has 118 valence electrons. The van der Waals surface area contributed by atoms with Gasteiger partial charge in [-0.3, -0.25) is 0 Å². The Morgan fingerprint density at radius 2 is 1.91 bits per heavy atom. The Labute approximate surface area is 138 Å². The first-order chi connectivity index (χ1) is 10.4. The fourth-order valence-electron chi connectivity index (χ4n) is 1.96. The number of nitrogens with two attached hydrogens (primary N) is 1. The Hall–Kier alpha value is -1.51. The van der Waals surface area contributed by atoms with E-state index in [0.29, 0.717) is 23.6 Å². The molecule has 1 heterocycles. The zero-order valence-corrected chi connectivity index (χ0v) is 14.8. The number of hydrogen-bond acceptors (Lipinski definition) is 4. The van der Waals surface area contributed by atoms with Gasteiger partial charge in [-0.25, -0.2) is 19.4 Å². The van der Waals surface area contributed by atoms with Crippen molar-refractivity contribution in [2.24, 2.45) is 0 Å². The van der Waals surface area contributed by atoms with Crippen LogP contribution in [0.4, 0.5) is 5.82 Å². The molecule has 0 aliphatic rings. The van der Waals surface area contributed by atoms with Crippen molar-refractivity contribution in [3.63, 3.8) is 0 Å². The topological polar surface area (TPSA) is 88.6 Å². The minimum atomic E-state index is -3.53. The lowest BCUT2D eigenvalue weighted by Gasteiger charge is -2.12. The van der Waals surface area contributed by atoms with Crippen molar-refractivity contribution in [1.82, 2.24) is 9.97 Å². The monoisotopic (exact) mass is 385 g/mol. The maximum Gasteiger partial charge on any atom is 0.392 e. The molecule has 0 aliphatic heterocycles. The summed E-state index contributed by atoms with van der Waals surface area (Å²) >= 11 is 3.38. The van der Waals surface area contributed by atoms with E-state index >= 15 is 0 Å². The molecule has 0 radical (unpaired) electrons. The zero-order chi connectivity index (χ0) is 16.2. The van der Waals surface area contributed by atoms with Crippen molar-refractivity contribution < 1.29 is 13.1 Å². The second-order valence-corrected chi connectivity index (χ2v) is 7.34. The maximum atomic E-state index is 12.1. The predicted molar refractivity (Wildman–Crippen MR) is 89.5 cm³/mol. The van der Waals surface area contributed by atoms with E-state index < -0.39 is 10.2 Å². The van der Waals surface area contributed by atoms with Gasteiger partial charge in [0.2, 0.25) is 0 Å². The van der Waals surface area contributed by atoms with Crippen molar-refractivity contribution in [2.75, 3.05) is 11.3 Å². The van der Waals surface area contributed by atoms with Crippen LogP contribution in [0.15, 0.2) is 35.1 Å². The molecule has 6 nitrogen and oxygen atoms in total. The summed E-state index contributed by atoms with van der Waals surface area (Å²) in [5, 5.41) is 0. The molecule has 8 heteroatoms. The van der Waals surface area contributed by atoms with Crippen LogP contribution in [-0.4, -0.2) is 24.9 Å². The average molecular weight is 386 g/mol. The first-order valence-corrected chi connectivity index (χ1v) is 9.20. The molecular weight excluding hydrogens is 368 g/mol. The van der Waals surface area contributed by atoms with Crippen LogP contribution < -0.4 is 9.44 Å². The largest absolute Gasteiger partial charge is 0.392 e. The van der Waals surface area contributed by atoms with E-state index in [-0.39, 0.29) is 0 Å². The van der Waals surface area contributed by atoms with Crippen molar-refractivity contribution in [3.05, 3.63) is 40.8 Å². The molecule has 2 aromatic rings. The summed E-state index contributed by atoms with van der Waals surface area (Å²) in [7, 11) is -3.53. The standard InChI is InChI=1S/C14H17BrN4O2S/c1-3-8-18-22(20,21)19-14-13(10(2)16-9-17-14)11-4-6-12(15)7-5-11/h4-7,9,18H,3,8H2,1-2H3,(H,16,17,19)/p+1. The van der Waals surface area contributed by atoms with Gasteiger partial charge in [-0.15, -0.1) is 0 Å². The van der Waals surface area contributed by atoms with Gasteiger partial charge in [0, 0.05) is 10.0 Å². The third-order valence-corrected chi connectivity index (χ3v) is 4.72. The van der Waals surface area contributed by atoms with E-state index in [9.17, 15) is 8.42 Å². The molecule has 1 aromatic heterocycles. The third-order valence-electron chi connectivity index (χ3n) is 3.03. The van der Waals surface area contributed by atoms with Gasteiger partial charge in [-0.1, -0.05) is 35.0 Å². The van der Waals surface area contributed by atoms with Crippen LogP contribution in [0, 0.1) is 6.92 Å². The normalized spacial score (nSPS) is 11.4. The zero-order valence-electron chi connectivity index (χ0n) is 12.4. The van der Waals surface area contributed by atoms with Crippen LogP contribution in [0.2, 0.25) is 0 Å². The van der Waals surface area contributed by atoms with Gasteiger partial charge in [0.05, 0.1) is 12.2 Å². The molecule has 0 fully saturated rings. The number of aromatic nitrogens is 2. The molecule has 22 heavy (non-hydrogen) atoms. The highest BCUT2D eigenvalue weighted by Gasteiger charge is 2.18. The van der Waals surface area contributed by atoms with Crippen LogP contribution in [0.5, 0.6) is 0 Å². The summed E-state index contributed by atoms with van der Waals surface area (Å²) in [5.74, 6) is 0.294. The number of rotatable bonds is 6. The van der Waals surface area contributed by atoms with E-state index in [1.807, 2.05) is 38.1 Å². The molecule has 0 atom stereocenters. The van der Waals surface area contributed by atoms with Crippen LogP contribution in [0.3, 0.4) is 0 Å². The lowest BCUT2D eigenvalue weighted by molar-refractivity contribution is -0.495. The quantitative estimate of drug-likeness (QED) is 0.793. The summed E-state index contributed by atoms with van der Waals surface area (Å²) in [4.78, 5) is 8.26. The fraction of sp³-hybridized carbons (Fsp3) is 0.286. The van der Waals surface area contributed by atoms with Crippen LogP contribution in [0.25, 0.3) is 11.1 Å². The number of halogens is 1. The lowest BCUT2D eigenvalue weighted by Crippen LogP contribution is -2.88. The molecule has 0 saturated carbocycles. The predicted octanol–water partition coefficient (Wildman–Crippen LogP) is 1.84. The van der Waals surface area contributed by atoms with Gasteiger partial charge in [0.25, 0.3) is 0 Å². The summed E-state index contributed by atoms with van der Waals surface area (Å²) in [6, 6.07) is 7.57. The fourth-order valence-corrected chi connectivity index (χ4v) is 3.28. The van der Waals surface area contributed by atoms with Crippen LogP contribution >= 0.6 is 15.9 Å². The van der Waals surface area contributed by atoms with Crippen molar-refractivity contribution in [2.45, 2.75) is 20.3 Å². The molecule has 0 aliphatic carbocycles. The van der Waals surface area contributed by atoms with Gasteiger partial charge in [0.1, 0.15) is 6.33 Å². The molecule has 3 N–H and O–H groups in total. The summed E-state index contributed by atoms with van der Waals surface area (Å²) in [6.45, 7) is 4.24. The lowest BCUT2D eigenvalue weighted by atomic mass is 10.1. The first-order valence-electron chi connectivity index (χ1n) is 6.86. The van der Waals surface area contributed by atoms with E-state index in [1.54, 1.807) is 0 Å². The summed E-state index contributed by atoms with van der Waals surface area (Å²) in [6.07, 6.45) is 2.12. The molecule has 2 rings (SSSR count). The van der Waals surface area contributed by atoms with Gasteiger partial charge in [-0.05, 0) is 31.0 Å². The Morgan fingerprint density at radius 3 is 2.55 bits per heavy atom. The van der Waals surface area contributed by atoms with Crippen LogP contribution in [0.1, 0.15) is 19.0 Å². The van der Waals surface area contributed by atoms with Crippen molar-refractivity contribution >= 4 is 32.0 Å². The van der Waals surface area contributed by atoms with Crippen LogP contribution in [-0.2, 0) is 10.2 Å².